The van der Waals surface area contributed by atoms with Crippen molar-refractivity contribution < 1.29 is 9.47 Å². The fraction of sp³-hybridized carbons (Fsp3) is 1.00. The molecule has 2 unspecified atom stereocenters. The van der Waals surface area contributed by atoms with Crippen LogP contribution in [0.3, 0.4) is 0 Å². The second kappa shape index (κ2) is 2.22. The second-order valence-electron chi connectivity index (χ2n) is 4.28. The lowest BCUT2D eigenvalue weighted by molar-refractivity contribution is -0.0916. The van der Waals surface area contributed by atoms with Crippen LogP contribution in [0.4, 0.5) is 0 Å². The first kappa shape index (κ1) is 7.30. The van der Waals surface area contributed by atoms with Gasteiger partial charge in [-0.1, -0.05) is 0 Å². The molecule has 3 saturated heterocycles. The minimum atomic E-state index is 0.0190. The molecule has 2 bridgehead atoms. The van der Waals surface area contributed by atoms with Gasteiger partial charge in [-0.15, -0.1) is 0 Å². The van der Waals surface area contributed by atoms with Crippen LogP contribution in [-0.4, -0.2) is 43.0 Å². The van der Waals surface area contributed by atoms with Gasteiger partial charge < -0.3 is 9.47 Å². The lowest BCUT2D eigenvalue weighted by Gasteiger charge is -2.31. The zero-order chi connectivity index (χ0) is 8.18. The lowest BCUT2D eigenvalue weighted by atomic mass is 9.88. The van der Waals surface area contributed by atoms with E-state index in [9.17, 15) is 0 Å². The van der Waals surface area contributed by atoms with Gasteiger partial charge in [0, 0.05) is 19.0 Å². The van der Waals surface area contributed by atoms with Crippen molar-refractivity contribution in [3.63, 3.8) is 0 Å². The van der Waals surface area contributed by atoms with Crippen LogP contribution < -0.4 is 0 Å². The topological polar surface area (TPSA) is 21.7 Å². The van der Waals surface area contributed by atoms with E-state index in [0.29, 0.717) is 0 Å². The normalized spacial score (nSPS) is 57.2. The summed E-state index contributed by atoms with van der Waals surface area (Å²) in [6.07, 6.45) is 1.32. The van der Waals surface area contributed by atoms with Crippen LogP contribution in [0.1, 0.15) is 13.3 Å². The number of hydrogen-bond donors (Lipinski definition) is 0. The molecule has 0 amide bonds. The lowest BCUT2D eigenvalue weighted by Crippen LogP contribution is -2.44. The molecule has 0 saturated carbocycles. The first-order valence-corrected chi connectivity index (χ1v) is 4.80. The highest BCUT2D eigenvalue weighted by atomic mass is 16.7. The van der Waals surface area contributed by atoms with E-state index in [2.05, 4.69) is 4.90 Å². The molecule has 3 aliphatic heterocycles. The van der Waals surface area contributed by atoms with Crippen molar-refractivity contribution >= 4 is 0 Å². The van der Waals surface area contributed by atoms with Crippen molar-refractivity contribution in [2.24, 2.45) is 5.92 Å². The first-order valence-electron chi connectivity index (χ1n) is 4.80. The van der Waals surface area contributed by atoms with Crippen molar-refractivity contribution in [3.8, 4) is 0 Å². The number of hydrogen-bond acceptors (Lipinski definition) is 3. The molecule has 0 aromatic carbocycles. The smallest absolute Gasteiger partial charge is 0.155 e. The minimum absolute atomic E-state index is 0.0190. The van der Waals surface area contributed by atoms with Crippen LogP contribution >= 0.6 is 0 Å². The zero-order valence-electron chi connectivity index (χ0n) is 7.45. The van der Waals surface area contributed by atoms with Gasteiger partial charge in [-0.3, -0.25) is 4.90 Å². The average Bonchev–Trinajstić information content (AvgIpc) is 2.67. The van der Waals surface area contributed by atoms with Gasteiger partial charge in [0.15, 0.2) is 6.29 Å². The predicted molar refractivity (Wildman–Crippen MR) is 43.8 cm³/mol. The third kappa shape index (κ3) is 0.817. The van der Waals surface area contributed by atoms with Gasteiger partial charge in [0.25, 0.3) is 0 Å². The van der Waals surface area contributed by atoms with Gasteiger partial charge in [-0.05, 0) is 19.9 Å². The molecule has 3 nitrogen and oxygen atoms in total. The Bertz CT molecular complexity index is 205. The Morgan fingerprint density at radius 2 is 2.42 bits per heavy atom. The van der Waals surface area contributed by atoms with Crippen molar-refractivity contribution in [2.75, 3.05) is 26.2 Å². The molecule has 3 heterocycles. The van der Waals surface area contributed by atoms with Crippen LogP contribution in [0.2, 0.25) is 0 Å². The van der Waals surface area contributed by atoms with Crippen molar-refractivity contribution in [1.29, 1.82) is 0 Å². The van der Waals surface area contributed by atoms with E-state index in [1.807, 2.05) is 6.92 Å². The molecule has 0 radical (unpaired) electrons. The SMILES string of the molecule is C[C@H]1OC[C@@]2(CN3CCC2C3)O1. The van der Waals surface area contributed by atoms with E-state index >= 15 is 0 Å². The molecule has 0 aromatic heterocycles. The maximum Gasteiger partial charge on any atom is 0.155 e. The third-order valence-electron chi connectivity index (χ3n) is 3.47. The molecule has 1 spiro atoms. The van der Waals surface area contributed by atoms with Gasteiger partial charge in [0.2, 0.25) is 0 Å². The van der Waals surface area contributed by atoms with E-state index in [-0.39, 0.29) is 11.9 Å². The largest absolute Gasteiger partial charge is 0.350 e. The number of fused-ring (bicyclic) bond motifs is 3. The van der Waals surface area contributed by atoms with Gasteiger partial charge in [-0.25, -0.2) is 0 Å². The summed E-state index contributed by atoms with van der Waals surface area (Å²) < 4.78 is 11.4. The Morgan fingerprint density at radius 3 is 2.92 bits per heavy atom. The highest BCUT2D eigenvalue weighted by Crippen LogP contribution is 2.42. The highest BCUT2D eigenvalue weighted by molar-refractivity contribution is 5.05. The summed E-state index contributed by atoms with van der Waals surface area (Å²) in [5.41, 5.74) is 0.0810. The Morgan fingerprint density at radius 1 is 1.50 bits per heavy atom. The summed E-state index contributed by atoms with van der Waals surface area (Å²) in [5, 5.41) is 0. The summed E-state index contributed by atoms with van der Waals surface area (Å²) in [7, 11) is 0. The van der Waals surface area contributed by atoms with Crippen LogP contribution in [0.15, 0.2) is 0 Å². The molecule has 3 heteroatoms. The third-order valence-corrected chi connectivity index (χ3v) is 3.47. The quantitative estimate of drug-likeness (QED) is 0.525. The highest BCUT2D eigenvalue weighted by Gasteiger charge is 2.54. The summed E-state index contributed by atoms with van der Waals surface area (Å²) in [4.78, 5) is 2.49. The number of ether oxygens (including phenoxy) is 2. The molecule has 0 aromatic rings. The summed E-state index contributed by atoms with van der Waals surface area (Å²) in [6, 6.07) is 0. The van der Waals surface area contributed by atoms with Gasteiger partial charge in [-0.2, -0.15) is 0 Å². The van der Waals surface area contributed by atoms with Crippen LogP contribution in [0, 0.1) is 5.92 Å². The molecule has 0 N–H and O–H groups in total. The molecule has 0 aliphatic carbocycles. The molecule has 4 atom stereocenters. The summed E-state index contributed by atoms with van der Waals surface area (Å²) >= 11 is 0. The van der Waals surface area contributed by atoms with Crippen LogP contribution in [-0.2, 0) is 9.47 Å². The van der Waals surface area contributed by atoms with Crippen molar-refractivity contribution in [3.05, 3.63) is 0 Å². The number of nitrogens with zero attached hydrogens (tertiary/aromatic N) is 1. The molecular weight excluding hydrogens is 154 g/mol. The van der Waals surface area contributed by atoms with Gasteiger partial charge in [0.1, 0.15) is 5.60 Å². The molecule has 3 aliphatic rings. The predicted octanol–water partition coefficient (Wildman–Crippen LogP) is 0.453. The Labute approximate surface area is 72.6 Å². The maximum absolute atomic E-state index is 5.88. The zero-order valence-corrected chi connectivity index (χ0v) is 7.45. The van der Waals surface area contributed by atoms with Crippen molar-refractivity contribution in [2.45, 2.75) is 25.2 Å². The fourth-order valence-electron chi connectivity index (χ4n) is 2.87. The van der Waals surface area contributed by atoms with E-state index in [1.54, 1.807) is 0 Å². The van der Waals surface area contributed by atoms with E-state index in [0.717, 1.165) is 19.1 Å². The van der Waals surface area contributed by atoms with Gasteiger partial charge >= 0.3 is 0 Å². The van der Waals surface area contributed by atoms with Crippen LogP contribution in [0.25, 0.3) is 0 Å². The number of piperidine rings is 1. The average molecular weight is 169 g/mol. The standard InChI is InChI=1S/C9H15NO2/c1-7-11-6-9(12-7)5-10-3-2-8(9)4-10/h7-8H,2-6H2,1H3/t7-,8?,9+/m0/s1. The van der Waals surface area contributed by atoms with E-state index < -0.39 is 0 Å². The van der Waals surface area contributed by atoms with E-state index in [1.165, 1.54) is 19.5 Å². The molecule has 3 fully saturated rings. The maximum atomic E-state index is 5.88. The van der Waals surface area contributed by atoms with E-state index in [4.69, 9.17) is 9.47 Å². The Balaban J connectivity index is 1.84. The Kier molecular flexibility index (Phi) is 1.35. The molecule has 12 heavy (non-hydrogen) atoms. The summed E-state index contributed by atoms with van der Waals surface area (Å²) in [6.45, 7) is 6.41. The van der Waals surface area contributed by atoms with Crippen molar-refractivity contribution in [1.82, 2.24) is 4.90 Å². The number of rotatable bonds is 0. The fourth-order valence-corrected chi connectivity index (χ4v) is 2.87. The minimum Gasteiger partial charge on any atom is -0.350 e. The monoisotopic (exact) mass is 169 g/mol. The second-order valence-corrected chi connectivity index (χ2v) is 4.28. The first-order chi connectivity index (χ1) is 5.78. The Hall–Kier alpha value is -0.120. The van der Waals surface area contributed by atoms with Gasteiger partial charge in [0.05, 0.1) is 6.61 Å². The molecule has 68 valence electrons. The molecule has 3 rings (SSSR count). The summed E-state index contributed by atoms with van der Waals surface area (Å²) in [5.74, 6) is 0.738. The van der Waals surface area contributed by atoms with Crippen LogP contribution in [0.5, 0.6) is 0 Å². The molecular formula is C9H15NO2.